The molecule has 0 spiro atoms. The zero-order valence-electron chi connectivity index (χ0n) is 13.2. The molecule has 120 valence electrons. The molecule has 1 aliphatic heterocycles. The second-order valence-corrected chi connectivity index (χ2v) is 4.96. The highest BCUT2D eigenvalue weighted by atomic mass is 16.5. The van der Waals surface area contributed by atoms with Gasteiger partial charge in [-0.15, -0.1) is 0 Å². The summed E-state index contributed by atoms with van der Waals surface area (Å²) >= 11 is 0. The van der Waals surface area contributed by atoms with Crippen molar-refractivity contribution in [2.24, 2.45) is 0 Å². The lowest BCUT2D eigenvalue weighted by atomic mass is 10.1. The number of hydrogen-bond acceptors (Lipinski definition) is 4. The van der Waals surface area contributed by atoms with Gasteiger partial charge in [-0.2, -0.15) is 0 Å². The quantitative estimate of drug-likeness (QED) is 0.265. The molecule has 1 heterocycles. The van der Waals surface area contributed by atoms with E-state index in [1.54, 1.807) is 19.1 Å². The van der Waals surface area contributed by atoms with Crippen LogP contribution in [0.3, 0.4) is 0 Å². The normalized spacial score (nSPS) is 15.0. The Hall–Kier alpha value is -2.62. The van der Waals surface area contributed by atoms with E-state index < -0.39 is 11.8 Å². The standard InChI is InChI=1S/C19H20O4/c1-2-22-19(21)16(18(20)17-13-6-7-14-23-17)12-8-11-15-9-4-3-5-10-15/h3-5,8-13H,2,6-7,14H2,1H3/b11-8+,16-12-. The molecule has 0 radical (unpaired) electrons. The average Bonchev–Trinajstić information content (AvgIpc) is 2.60. The van der Waals surface area contributed by atoms with Crippen LogP contribution in [0.15, 0.2) is 59.9 Å². The number of rotatable bonds is 6. The number of ketones is 1. The van der Waals surface area contributed by atoms with Crippen LogP contribution in [0, 0.1) is 0 Å². The van der Waals surface area contributed by atoms with E-state index in [0.717, 1.165) is 18.4 Å². The minimum absolute atomic E-state index is 0.0211. The van der Waals surface area contributed by atoms with Crippen LogP contribution < -0.4 is 0 Å². The summed E-state index contributed by atoms with van der Waals surface area (Å²) < 4.78 is 10.3. The molecule has 23 heavy (non-hydrogen) atoms. The lowest BCUT2D eigenvalue weighted by molar-refractivity contribution is -0.140. The Morgan fingerprint density at radius 3 is 2.70 bits per heavy atom. The van der Waals surface area contributed by atoms with E-state index in [1.165, 1.54) is 6.08 Å². The molecule has 0 N–H and O–H groups in total. The summed E-state index contributed by atoms with van der Waals surface area (Å²) in [7, 11) is 0. The van der Waals surface area contributed by atoms with Gasteiger partial charge in [-0.25, -0.2) is 4.79 Å². The Morgan fingerprint density at radius 2 is 2.04 bits per heavy atom. The minimum Gasteiger partial charge on any atom is -0.490 e. The molecule has 0 fully saturated rings. The Kier molecular flexibility index (Phi) is 6.36. The predicted molar refractivity (Wildman–Crippen MR) is 88.5 cm³/mol. The van der Waals surface area contributed by atoms with Gasteiger partial charge in [0.05, 0.1) is 13.2 Å². The summed E-state index contributed by atoms with van der Waals surface area (Å²) in [6, 6.07) is 9.63. The van der Waals surface area contributed by atoms with Crippen molar-refractivity contribution < 1.29 is 19.1 Å². The first-order valence-corrected chi connectivity index (χ1v) is 7.70. The van der Waals surface area contributed by atoms with Crippen molar-refractivity contribution in [2.75, 3.05) is 13.2 Å². The van der Waals surface area contributed by atoms with Gasteiger partial charge in [0, 0.05) is 0 Å². The fraction of sp³-hybridized carbons (Fsp3) is 0.263. The van der Waals surface area contributed by atoms with Crippen molar-refractivity contribution in [2.45, 2.75) is 19.8 Å². The van der Waals surface area contributed by atoms with Crippen LogP contribution in [-0.4, -0.2) is 25.0 Å². The molecule has 0 amide bonds. The maximum absolute atomic E-state index is 12.5. The SMILES string of the molecule is CCOC(=O)/C(=C\C=C\c1ccccc1)C(=O)C1=CCCCO1. The van der Waals surface area contributed by atoms with E-state index in [2.05, 4.69) is 0 Å². The van der Waals surface area contributed by atoms with Gasteiger partial charge in [0.15, 0.2) is 5.76 Å². The molecular weight excluding hydrogens is 292 g/mol. The number of hydrogen-bond donors (Lipinski definition) is 0. The highest BCUT2D eigenvalue weighted by Crippen LogP contribution is 2.16. The first-order valence-electron chi connectivity index (χ1n) is 7.70. The number of carbonyl (C=O) groups is 2. The fourth-order valence-corrected chi connectivity index (χ4v) is 2.11. The molecule has 1 aromatic rings. The largest absolute Gasteiger partial charge is 0.490 e. The van der Waals surface area contributed by atoms with E-state index in [-0.39, 0.29) is 17.9 Å². The molecular formula is C19H20O4. The number of esters is 1. The van der Waals surface area contributed by atoms with Crippen molar-refractivity contribution in [1.29, 1.82) is 0 Å². The molecule has 0 aromatic heterocycles. The number of allylic oxidation sites excluding steroid dienone is 4. The third-order valence-corrected chi connectivity index (χ3v) is 3.25. The molecule has 0 aliphatic carbocycles. The zero-order chi connectivity index (χ0) is 16.5. The monoisotopic (exact) mass is 312 g/mol. The summed E-state index contributed by atoms with van der Waals surface area (Å²) in [5.74, 6) is -0.838. The highest BCUT2D eigenvalue weighted by molar-refractivity contribution is 6.23. The van der Waals surface area contributed by atoms with E-state index in [4.69, 9.17) is 9.47 Å². The smallest absolute Gasteiger partial charge is 0.342 e. The van der Waals surface area contributed by atoms with Gasteiger partial charge in [0.1, 0.15) is 5.57 Å². The summed E-state index contributed by atoms with van der Waals surface area (Å²) in [5, 5.41) is 0. The molecule has 2 rings (SSSR count). The van der Waals surface area contributed by atoms with Crippen molar-refractivity contribution >= 4 is 17.8 Å². The third kappa shape index (κ3) is 4.95. The van der Waals surface area contributed by atoms with E-state index in [0.29, 0.717) is 6.61 Å². The topological polar surface area (TPSA) is 52.6 Å². The molecule has 4 nitrogen and oxygen atoms in total. The van der Waals surface area contributed by atoms with Crippen LogP contribution in [0.25, 0.3) is 6.08 Å². The van der Waals surface area contributed by atoms with Gasteiger partial charge >= 0.3 is 5.97 Å². The van der Waals surface area contributed by atoms with E-state index in [1.807, 2.05) is 36.4 Å². The van der Waals surface area contributed by atoms with Crippen LogP contribution in [0.2, 0.25) is 0 Å². The minimum atomic E-state index is -0.634. The first kappa shape index (κ1) is 16.7. The second kappa shape index (κ2) is 8.73. The molecule has 1 aliphatic rings. The van der Waals surface area contributed by atoms with Crippen LogP contribution in [-0.2, 0) is 19.1 Å². The first-order chi connectivity index (χ1) is 11.2. The third-order valence-electron chi connectivity index (χ3n) is 3.25. The van der Waals surface area contributed by atoms with Gasteiger partial charge in [-0.05, 0) is 37.5 Å². The number of ether oxygens (including phenoxy) is 2. The van der Waals surface area contributed by atoms with Crippen molar-refractivity contribution in [1.82, 2.24) is 0 Å². The molecule has 0 saturated carbocycles. The summed E-state index contributed by atoms with van der Waals surface area (Å²) in [5.41, 5.74) is 0.958. The molecule has 4 heteroatoms. The van der Waals surface area contributed by atoms with Gasteiger partial charge < -0.3 is 9.47 Å². The zero-order valence-corrected chi connectivity index (χ0v) is 13.2. The Labute approximate surface area is 136 Å². The number of benzene rings is 1. The Balaban J connectivity index is 2.21. The lowest BCUT2D eigenvalue weighted by Crippen LogP contribution is -2.20. The maximum atomic E-state index is 12.5. The van der Waals surface area contributed by atoms with E-state index >= 15 is 0 Å². The highest BCUT2D eigenvalue weighted by Gasteiger charge is 2.24. The molecule has 0 unspecified atom stereocenters. The number of Topliss-reactive ketones (excluding diaryl/α,β-unsaturated/α-hetero) is 1. The van der Waals surface area contributed by atoms with E-state index in [9.17, 15) is 9.59 Å². The number of carbonyl (C=O) groups excluding carboxylic acids is 2. The average molecular weight is 312 g/mol. The summed E-state index contributed by atoms with van der Waals surface area (Å²) in [6.45, 7) is 2.41. The maximum Gasteiger partial charge on any atom is 0.342 e. The fourth-order valence-electron chi connectivity index (χ4n) is 2.11. The van der Waals surface area contributed by atoms with Gasteiger partial charge in [-0.3, -0.25) is 4.79 Å². The molecule has 1 aromatic carbocycles. The van der Waals surface area contributed by atoms with Gasteiger partial charge in [-0.1, -0.05) is 42.5 Å². The lowest BCUT2D eigenvalue weighted by Gasteiger charge is -2.14. The predicted octanol–water partition coefficient (Wildman–Crippen LogP) is 3.45. The molecule has 0 bridgehead atoms. The van der Waals surface area contributed by atoms with Crippen LogP contribution in [0.5, 0.6) is 0 Å². The summed E-state index contributed by atoms with van der Waals surface area (Å²) in [4.78, 5) is 24.5. The van der Waals surface area contributed by atoms with Crippen LogP contribution >= 0.6 is 0 Å². The van der Waals surface area contributed by atoms with Gasteiger partial charge in [0.2, 0.25) is 5.78 Å². The van der Waals surface area contributed by atoms with Crippen LogP contribution in [0.4, 0.5) is 0 Å². The van der Waals surface area contributed by atoms with Crippen molar-refractivity contribution in [3.05, 3.63) is 65.5 Å². The molecule has 0 saturated heterocycles. The van der Waals surface area contributed by atoms with Gasteiger partial charge in [0.25, 0.3) is 0 Å². The van der Waals surface area contributed by atoms with Crippen molar-refractivity contribution in [3.63, 3.8) is 0 Å². The Bertz CT molecular complexity index is 639. The Morgan fingerprint density at radius 1 is 1.26 bits per heavy atom. The molecule has 0 atom stereocenters. The second-order valence-electron chi connectivity index (χ2n) is 4.96. The van der Waals surface area contributed by atoms with Crippen LogP contribution in [0.1, 0.15) is 25.3 Å². The summed E-state index contributed by atoms with van der Waals surface area (Å²) in [6.07, 6.45) is 8.34. The van der Waals surface area contributed by atoms with Crippen molar-refractivity contribution in [3.8, 4) is 0 Å².